The number of halogens is 1. The molecule has 3 rings (SSSR count). The van der Waals surface area contributed by atoms with Gasteiger partial charge in [-0.25, -0.2) is 9.18 Å². The molecule has 128 valence electrons. The molecule has 0 aliphatic rings. The van der Waals surface area contributed by atoms with Gasteiger partial charge in [-0.3, -0.25) is 4.79 Å². The van der Waals surface area contributed by atoms with Crippen LogP contribution >= 0.6 is 0 Å². The maximum atomic E-state index is 13.5. The largest absolute Gasteiger partial charge is 0.465 e. The number of para-hydroxylation sites is 1. The maximum absolute atomic E-state index is 13.5. The minimum atomic E-state index is -0.571. The van der Waals surface area contributed by atoms with Crippen LogP contribution in [0.4, 0.5) is 10.1 Å². The average Bonchev–Trinajstić information content (AvgIpc) is 3.03. The van der Waals surface area contributed by atoms with Crippen LogP contribution in [0.1, 0.15) is 10.4 Å². The predicted octanol–water partition coefficient (Wildman–Crippen LogP) is 1.42. The number of carbonyl (C=O) groups is 2. The van der Waals surface area contributed by atoms with Crippen molar-refractivity contribution in [2.75, 3.05) is 19.0 Å². The number of anilines is 1. The van der Waals surface area contributed by atoms with Crippen molar-refractivity contribution in [3.63, 3.8) is 0 Å². The third-order valence-corrected chi connectivity index (χ3v) is 3.30. The first-order chi connectivity index (χ1) is 12.1. The standard InChI is InChI=1S/C16H13FN4O4/c1-24-16(23)10-6-7-13-14(8-10)21(20-19-13)25-9-15(22)18-12-5-3-2-4-11(12)17/h2-8H,9H2,1H3,(H,18,22). The molecule has 9 heteroatoms. The van der Waals surface area contributed by atoms with Crippen molar-refractivity contribution in [1.82, 2.24) is 15.2 Å². The van der Waals surface area contributed by atoms with Crippen LogP contribution in [0.25, 0.3) is 11.0 Å². The number of aromatic nitrogens is 3. The van der Waals surface area contributed by atoms with Gasteiger partial charge in [0.2, 0.25) is 0 Å². The van der Waals surface area contributed by atoms with Crippen molar-refractivity contribution < 1.29 is 23.6 Å². The van der Waals surface area contributed by atoms with Gasteiger partial charge in [0.15, 0.2) is 6.61 Å². The van der Waals surface area contributed by atoms with Crippen molar-refractivity contribution in [2.45, 2.75) is 0 Å². The summed E-state index contributed by atoms with van der Waals surface area (Å²) >= 11 is 0. The predicted molar refractivity (Wildman–Crippen MR) is 85.3 cm³/mol. The Morgan fingerprint density at radius 2 is 2.04 bits per heavy atom. The zero-order valence-corrected chi connectivity index (χ0v) is 13.1. The molecule has 0 saturated heterocycles. The first-order valence-electron chi connectivity index (χ1n) is 7.20. The van der Waals surface area contributed by atoms with Crippen molar-refractivity contribution in [2.24, 2.45) is 0 Å². The molecule has 0 spiro atoms. The van der Waals surface area contributed by atoms with E-state index in [2.05, 4.69) is 20.4 Å². The second-order valence-corrected chi connectivity index (χ2v) is 4.96. The molecule has 0 aliphatic heterocycles. The fourth-order valence-electron chi connectivity index (χ4n) is 2.11. The quantitative estimate of drug-likeness (QED) is 0.704. The number of nitrogens with one attached hydrogen (secondary N) is 1. The van der Waals surface area contributed by atoms with Crippen molar-refractivity contribution in [3.05, 3.63) is 53.8 Å². The van der Waals surface area contributed by atoms with Gasteiger partial charge in [-0.15, -0.1) is 5.10 Å². The normalized spacial score (nSPS) is 10.5. The van der Waals surface area contributed by atoms with Crippen LogP contribution < -0.4 is 10.2 Å². The van der Waals surface area contributed by atoms with E-state index in [0.29, 0.717) is 11.0 Å². The number of rotatable bonds is 5. The summed E-state index contributed by atoms with van der Waals surface area (Å²) in [7, 11) is 1.27. The van der Waals surface area contributed by atoms with Gasteiger partial charge in [0.25, 0.3) is 5.91 Å². The van der Waals surface area contributed by atoms with E-state index in [-0.39, 0.29) is 11.3 Å². The van der Waals surface area contributed by atoms with E-state index in [1.165, 1.54) is 37.4 Å². The number of fused-ring (bicyclic) bond motifs is 1. The number of benzene rings is 2. The average molecular weight is 344 g/mol. The Hall–Kier alpha value is -3.49. The van der Waals surface area contributed by atoms with E-state index in [0.717, 1.165) is 4.85 Å². The number of nitrogens with zero attached hydrogens (tertiary/aromatic N) is 3. The van der Waals surface area contributed by atoms with Gasteiger partial charge >= 0.3 is 5.97 Å². The molecule has 0 fully saturated rings. The van der Waals surface area contributed by atoms with Gasteiger partial charge in [-0.2, -0.15) is 0 Å². The minimum Gasteiger partial charge on any atom is -0.465 e. The molecule has 0 unspecified atom stereocenters. The Morgan fingerprint density at radius 1 is 1.24 bits per heavy atom. The van der Waals surface area contributed by atoms with Gasteiger partial charge in [0.05, 0.1) is 18.4 Å². The summed E-state index contributed by atoms with van der Waals surface area (Å²) in [5.74, 6) is -1.64. The molecule has 1 N–H and O–H groups in total. The van der Waals surface area contributed by atoms with Gasteiger partial charge < -0.3 is 14.9 Å². The lowest BCUT2D eigenvalue weighted by molar-refractivity contribution is -0.121. The van der Waals surface area contributed by atoms with Crippen molar-refractivity contribution in [3.8, 4) is 0 Å². The molecule has 8 nitrogen and oxygen atoms in total. The lowest BCUT2D eigenvalue weighted by Gasteiger charge is -2.07. The first kappa shape index (κ1) is 16.4. The summed E-state index contributed by atoms with van der Waals surface area (Å²) in [5.41, 5.74) is 1.20. The lowest BCUT2D eigenvalue weighted by atomic mass is 10.2. The third kappa shape index (κ3) is 3.55. The van der Waals surface area contributed by atoms with E-state index >= 15 is 0 Å². The molecule has 0 atom stereocenters. The number of ether oxygens (including phenoxy) is 1. The summed E-state index contributed by atoms with van der Waals surface area (Å²) in [6.45, 7) is -0.421. The Balaban J connectivity index is 1.71. The molecule has 1 aromatic heterocycles. The number of carbonyl (C=O) groups excluding carboxylic acids is 2. The van der Waals surface area contributed by atoms with Crippen LogP contribution in [0.5, 0.6) is 0 Å². The number of methoxy groups -OCH3 is 1. The second-order valence-electron chi connectivity index (χ2n) is 4.96. The maximum Gasteiger partial charge on any atom is 0.337 e. The smallest absolute Gasteiger partial charge is 0.337 e. The first-order valence-corrected chi connectivity index (χ1v) is 7.20. The van der Waals surface area contributed by atoms with Gasteiger partial charge in [-0.1, -0.05) is 17.0 Å². The second kappa shape index (κ2) is 6.95. The molecular weight excluding hydrogens is 331 g/mol. The lowest BCUT2D eigenvalue weighted by Crippen LogP contribution is -2.26. The highest BCUT2D eigenvalue weighted by atomic mass is 19.1. The highest BCUT2D eigenvalue weighted by Gasteiger charge is 2.13. The van der Waals surface area contributed by atoms with Crippen molar-refractivity contribution in [1.29, 1.82) is 0 Å². The fourth-order valence-corrected chi connectivity index (χ4v) is 2.11. The zero-order valence-electron chi connectivity index (χ0n) is 13.1. The van der Waals surface area contributed by atoms with Crippen LogP contribution in [0, 0.1) is 5.82 Å². The molecule has 3 aromatic rings. The number of hydrogen-bond acceptors (Lipinski definition) is 6. The zero-order chi connectivity index (χ0) is 17.8. The van der Waals surface area contributed by atoms with E-state index in [1.54, 1.807) is 12.1 Å². The van der Waals surface area contributed by atoms with E-state index in [9.17, 15) is 14.0 Å². The minimum absolute atomic E-state index is 0.0486. The highest BCUT2D eigenvalue weighted by Crippen LogP contribution is 2.14. The summed E-state index contributed by atoms with van der Waals surface area (Å²) in [5, 5.41) is 10.0. The van der Waals surface area contributed by atoms with Gasteiger partial charge in [0.1, 0.15) is 16.9 Å². The van der Waals surface area contributed by atoms with Crippen LogP contribution in [0.15, 0.2) is 42.5 Å². The molecular formula is C16H13FN4O4. The van der Waals surface area contributed by atoms with Crippen LogP contribution in [0.2, 0.25) is 0 Å². The molecule has 1 heterocycles. The molecule has 0 saturated carbocycles. The summed E-state index contributed by atoms with van der Waals surface area (Å²) in [6.07, 6.45) is 0. The topological polar surface area (TPSA) is 95.3 Å². The SMILES string of the molecule is COC(=O)c1ccc2nnn(OCC(=O)Nc3ccccc3F)c2c1. The van der Waals surface area contributed by atoms with Crippen LogP contribution in [-0.4, -0.2) is 40.8 Å². The number of hydrogen-bond donors (Lipinski definition) is 1. The van der Waals surface area contributed by atoms with Gasteiger partial charge in [-0.05, 0) is 35.5 Å². The Morgan fingerprint density at radius 3 is 2.80 bits per heavy atom. The summed E-state index contributed by atoms with van der Waals surface area (Å²) in [4.78, 5) is 29.7. The Bertz CT molecular complexity index is 941. The van der Waals surface area contributed by atoms with E-state index < -0.39 is 24.3 Å². The highest BCUT2D eigenvalue weighted by molar-refractivity contribution is 5.93. The Kier molecular flexibility index (Phi) is 4.55. The van der Waals surface area contributed by atoms with Crippen LogP contribution in [0.3, 0.4) is 0 Å². The van der Waals surface area contributed by atoms with E-state index in [4.69, 9.17) is 4.84 Å². The number of esters is 1. The summed E-state index contributed by atoms with van der Waals surface area (Å²) in [6, 6.07) is 10.4. The van der Waals surface area contributed by atoms with E-state index in [1.807, 2.05) is 0 Å². The van der Waals surface area contributed by atoms with Gasteiger partial charge in [0, 0.05) is 0 Å². The third-order valence-electron chi connectivity index (χ3n) is 3.30. The molecule has 0 aliphatic carbocycles. The molecule has 25 heavy (non-hydrogen) atoms. The Labute approximate surface area is 141 Å². The monoisotopic (exact) mass is 344 g/mol. The molecule has 0 radical (unpaired) electrons. The number of amides is 1. The molecule has 2 aromatic carbocycles. The molecule has 0 bridgehead atoms. The molecule has 1 amide bonds. The van der Waals surface area contributed by atoms with Crippen molar-refractivity contribution >= 4 is 28.6 Å². The summed E-state index contributed by atoms with van der Waals surface area (Å²) < 4.78 is 18.1. The van der Waals surface area contributed by atoms with Crippen LogP contribution in [-0.2, 0) is 9.53 Å². The fraction of sp³-hybridized carbons (Fsp3) is 0.125.